The Balaban J connectivity index is 1.53. The van der Waals surface area contributed by atoms with E-state index in [0.29, 0.717) is 5.69 Å². The summed E-state index contributed by atoms with van der Waals surface area (Å²) in [5.74, 6) is -1.27. The Kier molecular flexibility index (Phi) is 5.66. The minimum Gasteiger partial charge on any atom is -0.452 e. The van der Waals surface area contributed by atoms with E-state index >= 15 is 0 Å². The first-order valence-electron chi connectivity index (χ1n) is 8.88. The quantitative estimate of drug-likeness (QED) is 0.830. The topological polar surface area (TPSA) is 55.4 Å². The number of rotatable bonds is 5. The Morgan fingerprint density at radius 1 is 1.08 bits per heavy atom. The number of amides is 1. The third-order valence-corrected chi connectivity index (χ3v) is 4.55. The number of fused-ring (bicyclic) bond motifs is 1. The van der Waals surface area contributed by atoms with E-state index in [2.05, 4.69) is 17.4 Å². The number of nitrogens with one attached hydrogen (secondary N) is 1. The molecule has 1 N–H and O–H groups in total. The van der Waals surface area contributed by atoms with Gasteiger partial charge in [0.25, 0.3) is 5.91 Å². The molecule has 1 aliphatic rings. The van der Waals surface area contributed by atoms with Crippen molar-refractivity contribution in [3.05, 3.63) is 65.0 Å². The zero-order valence-electron chi connectivity index (χ0n) is 14.8. The highest BCUT2D eigenvalue weighted by molar-refractivity contribution is 5.95. The van der Waals surface area contributed by atoms with Gasteiger partial charge in [-0.05, 0) is 73.6 Å². The molecule has 0 heterocycles. The molecular weight excluding hydrogens is 333 g/mol. The van der Waals surface area contributed by atoms with E-state index in [1.807, 2.05) is 6.07 Å². The summed E-state index contributed by atoms with van der Waals surface area (Å²) in [7, 11) is 0. The first-order chi connectivity index (χ1) is 12.5. The maximum atomic E-state index is 12.9. The molecule has 0 bridgehead atoms. The zero-order chi connectivity index (χ0) is 18.5. The van der Waals surface area contributed by atoms with Crippen LogP contribution in [-0.2, 0) is 33.6 Å². The summed E-state index contributed by atoms with van der Waals surface area (Å²) in [5, 5.41) is 2.60. The van der Waals surface area contributed by atoms with Gasteiger partial charge in [-0.25, -0.2) is 4.39 Å². The smallest absolute Gasteiger partial charge is 0.311 e. The van der Waals surface area contributed by atoms with E-state index in [9.17, 15) is 14.0 Å². The molecule has 0 spiro atoms. The Labute approximate surface area is 152 Å². The largest absolute Gasteiger partial charge is 0.452 e. The molecule has 2 aromatic carbocycles. The molecule has 0 fully saturated rings. The minimum absolute atomic E-state index is 0.140. The average molecular weight is 355 g/mol. The van der Waals surface area contributed by atoms with Crippen molar-refractivity contribution in [2.75, 3.05) is 5.32 Å². The average Bonchev–Trinajstić information content (AvgIpc) is 2.63. The third kappa shape index (κ3) is 4.69. The normalized spacial score (nSPS) is 14.2. The number of halogens is 1. The number of carbonyl (C=O) groups excluding carboxylic acids is 2. The van der Waals surface area contributed by atoms with Crippen molar-refractivity contribution in [2.45, 2.75) is 45.1 Å². The van der Waals surface area contributed by atoms with Gasteiger partial charge in [0, 0.05) is 5.69 Å². The van der Waals surface area contributed by atoms with Gasteiger partial charge in [-0.15, -0.1) is 0 Å². The van der Waals surface area contributed by atoms with Gasteiger partial charge in [0.2, 0.25) is 0 Å². The van der Waals surface area contributed by atoms with Crippen LogP contribution in [0.1, 0.15) is 36.5 Å². The summed E-state index contributed by atoms with van der Waals surface area (Å²) in [6.07, 6.45) is 3.76. The maximum Gasteiger partial charge on any atom is 0.311 e. The predicted molar refractivity (Wildman–Crippen MR) is 97.4 cm³/mol. The number of ether oxygens (including phenoxy) is 1. The van der Waals surface area contributed by atoms with Crippen molar-refractivity contribution in [1.82, 2.24) is 0 Å². The molecule has 0 aromatic heterocycles. The second-order valence-electron chi connectivity index (χ2n) is 6.62. The van der Waals surface area contributed by atoms with E-state index in [0.717, 1.165) is 18.4 Å². The summed E-state index contributed by atoms with van der Waals surface area (Å²) < 4.78 is 18.1. The highest BCUT2D eigenvalue weighted by Gasteiger charge is 2.19. The summed E-state index contributed by atoms with van der Waals surface area (Å²) in [4.78, 5) is 24.2. The monoisotopic (exact) mass is 355 g/mol. The number of esters is 1. The third-order valence-electron chi connectivity index (χ3n) is 4.55. The highest BCUT2D eigenvalue weighted by Crippen LogP contribution is 2.22. The van der Waals surface area contributed by atoms with Crippen LogP contribution < -0.4 is 5.32 Å². The van der Waals surface area contributed by atoms with E-state index in [1.54, 1.807) is 0 Å². The minimum atomic E-state index is -0.926. The lowest BCUT2D eigenvalue weighted by Gasteiger charge is -2.17. The number of hydrogen-bond acceptors (Lipinski definition) is 3. The number of anilines is 1. The van der Waals surface area contributed by atoms with Gasteiger partial charge < -0.3 is 10.1 Å². The fraction of sp³-hybridized carbons (Fsp3) is 0.333. The van der Waals surface area contributed by atoms with Crippen LogP contribution in [0.2, 0.25) is 0 Å². The molecule has 26 heavy (non-hydrogen) atoms. The van der Waals surface area contributed by atoms with Crippen molar-refractivity contribution < 1.29 is 18.7 Å². The van der Waals surface area contributed by atoms with E-state index in [4.69, 9.17) is 4.74 Å². The van der Waals surface area contributed by atoms with Gasteiger partial charge in [-0.2, -0.15) is 0 Å². The van der Waals surface area contributed by atoms with Gasteiger partial charge in [-0.3, -0.25) is 9.59 Å². The van der Waals surface area contributed by atoms with Crippen molar-refractivity contribution in [1.29, 1.82) is 0 Å². The molecule has 0 unspecified atom stereocenters. The van der Waals surface area contributed by atoms with Gasteiger partial charge >= 0.3 is 5.97 Å². The Bertz CT molecular complexity index is 801. The van der Waals surface area contributed by atoms with Crippen LogP contribution in [0.5, 0.6) is 0 Å². The zero-order valence-corrected chi connectivity index (χ0v) is 14.8. The first-order valence-corrected chi connectivity index (χ1v) is 8.88. The number of benzene rings is 2. The highest BCUT2D eigenvalue weighted by atomic mass is 19.1. The van der Waals surface area contributed by atoms with Crippen molar-refractivity contribution in [3.63, 3.8) is 0 Å². The molecular formula is C21H22FNO3. The van der Waals surface area contributed by atoms with Crippen molar-refractivity contribution >= 4 is 17.6 Å². The van der Waals surface area contributed by atoms with Crippen LogP contribution in [0, 0.1) is 5.82 Å². The lowest BCUT2D eigenvalue weighted by atomic mass is 9.90. The Morgan fingerprint density at radius 2 is 1.77 bits per heavy atom. The molecule has 1 atom stereocenters. The molecule has 3 rings (SSSR count). The summed E-state index contributed by atoms with van der Waals surface area (Å²) in [5.41, 5.74) is 4.03. The van der Waals surface area contributed by atoms with Crippen LogP contribution in [0.4, 0.5) is 10.1 Å². The maximum absolute atomic E-state index is 12.9. The number of carbonyl (C=O) groups is 2. The number of aryl methyl sites for hydroxylation is 2. The second-order valence-corrected chi connectivity index (χ2v) is 6.62. The van der Waals surface area contributed by atoms with E-state index < -0.39 is 18.0 Å². The molecule has 0 saturated carbocycles. The van der Waals surface area contributed by atoms with E-state index in [1.165, 1.54) is 55.2 Å². The van der Waals surface area contributed by atoms with Crippen LogP contribution in [0.3, 0.4) is 0 Å². The van der Waals surface area contributed by atoms with Gasteiger partial charge in [0.05, 0.1) is 6.42 Å². The van der Waals surface area contributed by atoms with E-state index in [-0.39, 0.29) is 12.2 Å². The summed E-state index contributed by atoms with van der Waals surface area (Å²) in [6.45, 7) is 1.52. The van der Waals surface area contributed by atoms with Crippen LogP contribution in [0.25, 0.3) is 0 Å². The molecule has 0 radical (unpaired) electrons. The Morgan fingerprint density at radius 3 is 2.50 bits per heavy atom. The fourth-order valence-electron chi connectivity index (χ4n) is 3.13. The first kappa shape index (κ1) is 18.1. The molecule has 0 saturated heterocycles. The van der Waals surface area contributed by atoms with Crippen LogP contribution in [0.15, 0.2) is 42.5 Å². The van der Waals surface area contributed by atoms with Crippen molar-refractivity contribution in [2.24, 2.45) is 0 Å². The predicted octanol–water partition coefficient (Wildman–Crippen LogP) is 3.82. The summed E-state index contributed by atoms with van der Waals surface area (Å²) >= 11 is 0. The lowest BCUT2D eigenvalue weighted by Crippen LogP contribution is -2.30. The molecule has 4 nitrogen and oxygen atoms in total. The lowest BCUT2D eigenvalue weighted by molar-refractivity contribution is -0.152. The molecule has 0 aliphatic heterocycles. The molecule has 1 amide bonds. The Hall–Kier alpha value is -2.69. The fourth-order valence-corrected chi connectivity index (χ4v) is 3.13. The standard InChI is InChI=1S/C21H22FNO3/c1-14(21(25)23-19-10-8-18(22)9-11-19)26-20(24)13-15-6-7-16-4-2-3-5-17(16)12-15/h6-12,14H,2-5,13H2,1H3,(H,23,25)/t14-/m1/s1. The van der Waals surface area contributed by atoms with Crippen LogP contribution >= 0.6 is 0 Å². The SMILES string of the molecule is C[C@@H](OC(=O)Cc1ccc2c(c1)CCCC2)C(=O)Nc1ccc(F)cc1. The van der Waals surface area contributed by atoms with Gasteiger partial charge in [0.1, 0.15) is 5.82 Å². The van der Waals surface area contributed by atoms with Crippen LogP contribution in [-0.4, -0.2) is 18.0 Å². The van der Waals surface area contributed by atoms with Crippen molar-refractivity contribution in [3.8, 4) is 0 Å². The number of hydrogen-bond donors (Lipinski definition) is 1. The second kappa shape index (κ2) is 8.13. The van der Waals surface area contributed by atoms with Gasteiger partial charge in [0.15, 0.2) is 6.10 Å². The summed E-state index contributed by atoms with van der Waals surface area (Å²) in [6, 6.07) is 11.5. The molecule has 5 heteroatoms. The molecule has 2 aromatic rings. The van der Waals surface area contributed by atoms with Gasteiger partial charge in [-0.1, -0.05) is 18.2 Å². The molecule has 1 aliphatic carbocycles. The molecule has 136 valence electrons.